The first-order chi connectivity index (χ1) is 8.45. The van der Waals surface area contributed by atoms with Crippen LogP contribution < -0.4 is 0 Å². The van der Waals surface area contributed by atoms with E-state index >= 15 is 0 Å². The fourth-order valence-corrected chi connectivity index (χ4v) is 2.86. The molecule has 0 aromatic rings. The van der Waals surface area contributed by atoms with E-state index in [2.05, 4.69) is 6.92 Å². The summed E-state index contributed by atoms with van der Waals surface area (Å²) >= 11 is 0. The molecule has 1 N–H and O–H groups in total. The Kier molecular flexibility index (Phi) is 3.57. The number of β-amino-alcohol motifs (C(OH)–C–C–N with tert-alkyl or cyclic N) is 1. The number of carbonyl (C=O) groups excluding carboxylic acids is 2. The third-order valence-corrected chi connectivity index (χ3v) is 4.25. The van der Waals surface area contributed by atoms with E-state index in [9.17, 15) is 14.7 Å². The molecule has 1 aliphatic heterocycles. The second-order valence-corrected chi connectivity index (χ2v) is 5.63. The maximum Gasteiger partial charge on any atom is 0.256 e. The molecule has 0 aromatic carbocycles. The van der Waals surface area contributed by atoms with E-state index in [1.165, 1.54) is 11.0 Å². The Morgan fingerprint density at radius 2 is 2.00 bits per heavy atom. The van der Waals surface area contributed by atoms with Gasteiger partial charge in [0.25, 0.3) is 11.8 Å². The molecule has 0 radical (unpaired) electrons. The molecule has 1 fully saturated rings. The van der Waals surface area contributed by atoms with E-state index in [1.54, 1.807) is 6.92 Å². The highest BCUT2D eigenvalue weighted by Crippen LogP contribution is 2.34. The summed E-state index contributed by atoms with van der Waals surface area (Å²) in [6, 6.07) is 0. The van der Waals surface area contributed by atoms with Crippen LogP contribution in [-0.2, 0) is 9.59 Å². The Balaban J connectivity index is 1.98. The van der Waals surface area contributed by atoms with Gasteiger partial charge in [-0.15, -0.1) is 0 Å². The molecule has 0 spiro atoms. The van der Waals surface area contributed by atoms with Crippen LogP contribution in [0.5, 0.6) is 0 Å². The molecule has 0 atom stereocenters. The lowest BCUT2D eigenvalue weighted by atomic mass is 9.77. The first kappa shape index (κ1) is 13.3. The van der Waals surface area contributed by atoms with Crippen molar-refractivity contribution in [1.82, 2.24) is 4.90 Å². The Morgan fingerprint density at radius 3 is 2.44 bits per heavy atom. The molecule has 2 amide bonds. The van der Waals surface area contributed by atoms with E-state index in [-0.39, 0.29) is 18.4 Å². The second kappa shape index (κ2) is 4.84. The van der Waals surface area contributed by atoms with Crippen molar-refractivity contribution in [2.45, 2.75) is 51.6 Å². The zero-order valence-electron chi connectivity index (χ0n) is 11.1. The van der Waals surface area contributed by atoms with E-state index in [1.807, 2.05) is 0 Å². The van der Waals surface area contributed by atoms with Crippen molar-refractivity contribution >= 4 is 11.8 Å². The van der Waals surface area contributed by atoms with E-state index in [4.69, 9.17) is 0 Å². The first-order valence-corrected chi connectivity index (χ1v) is 6.72. The zero-order chi connectivity index (χ0) is 13.3. The number of hydrogen-bond donors (Lipinski definition) is 1. The number of amides is 2. The van der Waals surface area contributed by atoms with Gasteiger partial charge in [0.15, 0.2) is 0 Å². The quantitative estimate of drug-likeness (QED) is 0.776. The summed E-state index contributed by atoms with van der Waals surface area (Å²) in [5.41, 5.74) is -0.416. The molecule has 1 heterocycles. The monoisotopic (exact) mass is 251 g/mol. The molecule has 0 bridgehead atoms. The fourth-order valence-electron chi connectivity index (χ4n) is 2.86. The molecule has 0 unspecified atom stereocenters. The minimum absolute atomic E-state index is 0.148. The normalized spacial score (nSPS) is 32.9. The zero-order valence-corrected chi connectivity index (χ0v) is 11.1. The molecule has 18 heavy (non-hydrogen) atoms. The van der Waals surface area contributed by atoms with Crippen molar-refractivity contribution in [3.8, 4) is 0 Å². The predicted octanol–water partition coefficient (Wildman–Crippen LogP) is 1.63. The van der Waals surface area contributed by atoms with Crippen molar-refractivity contribution < 1.29 is 14.7 Å². The van der Waals surface area contributed by atoms with Crippen LogP contribution in [0, 0.1) is 5.92 Å². The van der Waals surface area contributed by atoms with Crippen LogP contribution in [0.15, 0.2) is 11.6 Å². The number of imide groups is 1. The fraction of sp³-hybridized carbons (Fsp3) is 0.714. The summed E-state index contributed by atoms with van der Waals surface area (Å²) in [7, 11) is 0. The predicted molar refractivity (Wildman–Crippen MR) is 67.7 cm³/mol. The summed E-state index contributed by atoms with van der Waals surface area (Å²) in [5, 5.41) is 10.5. The number of rotatable bonds is 3. The highest BCUT2D eigenvalue weighted by atomic mass is 16.3. The van der Waals surface area contributed by atoms with Gasteiger partial charge in [0.2, 0.25) is 0 Å². The molecule has 4 nitrogen and oxygen atoms in total. The molecule has 1 saturated carbocycles. The third kappa shape index (κ3) is 2.48. The SMILES string of the molecule is CCC1CCC(O)(CN2C(=O)C=C(C)C2=O)CC1. The van der Waals surface area contributed by atoms with Gasteiger partial charge in [0.05, 0.1) is 12.1 Å². The van der Waals surface area contributed by atoms with E-state index < -0.39 is 5.60 Å². The van der Waals surface area contributed by atoms with Gasteiger partial charge >= 0.3 is 0 Å². The summed E-state index contributed by atoms with van der Waals surface area (Å²) in [5.74, 6) is 0.129. The summed E-state index contributed by atoms with van der Waals surface area (Å²) in [6.07, 6.45) is 5.82. The maximum absolute atomic E-state index is 11.8. The Morgan fingerprint density at radius 1 is 1.39 bits per heavy atom. The van der Waals surface area contributed by atoms with Gasteiger partial charge in [0.1, 0.15) is 0 Å². The van der Waals surface area contributed by atoms with Gasteiger partial charge in [-0.1, -0.05) is 13.3 Å². The highest BCUT2D eigenvalue weighted by molar-refractivity contribution is 6.15. The van der Waals surface area contributed by atoms with E-state index in [0.29, 0.717) is 24.3 Å². The first-order valence-electron chi connectivity index (χ1n) is 6.72. The number of nitrogens with zero attached hydrogens (tertiary/aromatic N) is 1. The molecule has 2 rings (SSSR count). The van der Waals surface area contributed by atoms with Crippen molar-refractivity contribution in [2.75, 3.05) is 6.54 Å². The molecule has 0 saturated heterocycles. The summed E-state index contributed by atoms with van der Waals surface area (Å²) in [4.78, 5) is 24.6. The topological polar surface area (TPSA) is 57.6 Å². The van der Waals surface area contributed by atoms with Crippen LogP contribution in [0.4, 0.5) is 0 Å². The van der Waals surface area contributed by atoms with Crippen LogP contribution in [0.3, 0.4) is 0 Å². The average molecular weight is 251 g/mol. The van der Waals surface area contributed by atoms with Crippen molar-refractivity contribution in [2.24, 2.45) is 5.92 Å². The number of aliphatic hydroxyl groups is 1. The summed E-state index contributed by atoms with van der Waals surface area (Å²) in [6.45, 7) is 3.95. The third-order valence-electron chi connectivity index (χ3n) is 4.25. The summed E-state index contributed by atoms with van der Waals surface area (Å²) < 4.78 is 0. The van der Waals surface area contributed by atoms with Gasteiger partial charge in [-0.05, 0) is 38.5 Å². The van der Waals surface area contributed by atoms with Crippen molar-refractivity contribution in [1.29, 1.82) is 0 Å². The van der Waals surface area contributed by atoms with Crippen LogP contribution in [0.25, 0.3) is 0 Å². The lowest BCUT2D eigenvalue weighted by molar-refractivity contribution is -0.142. The largest absolute Gasteiger partial charge is 0.388 e. The van der Waals surface area contributed by atoms with Gasteiger partial charge < -0.3 is 5.11 Å². The lowest BCUT2D eigenvalue weighted by Gasteiger charge is -2.37. The van der Waals surface area contributed by atoms with Crippen LogP contribution >= 0.6 is 0 Å². The van der Waals surface area contributed by atoms with Gasteiger partial charge in [-0.25, -0.2) is 0 Å². The van der Waals surface area contributed by atoms with Gasteiger partial charge in [-0.2, -0.15) is 0 Å². The van der Waals surface area contributed by atoms with Crippen LogP contribution in [0.1, 0.15) is 46.0 Å². The van der Waals surface area contributed by atoms with E-state index in [0.717, 1.165) is 19.3 Å². The molecular formula is C14H21NO3. The molecule has 2 aliphatic rings. The minimum atomic E-state index is -0.880. The Bertz CT molecular complexity index is 392. The Hall–Kier alpha value is -1.16. The minimum Gasteiger partial charge on any atom is -0.388 e. The molecular weight excluding hydrogens is 230 g/mol. The highest BCUT2D eigenvalue weighted by Gasteiger charge is 2.39. The van der Waals surface area contributed by atoms with Gasteiger partial charge in [-0.3, -0.25) is 14.5 Å². The lowest BCUT2D eigenvalue weighted by Crippen LogP contribution is -2.47. The Labute approximate surface area is 108 Å². The molecule has 1 aliphatic carbocycles. The second-order valence-electron chi connectivity index (χ2n) is 5.63. The molecule has 100 valence electrons. The standard InChI is InChI=1S/C14H21NO3/c1-3-11-4-6-14(18,7-5-11)9-15-12(16)8-10(2)13(15)17/h8,11,18H,3-7,9H2,1-2H3. The smallest absolute Gasteiger partial charge is 0.256 e. The molecule has 0 aromatic heterocycles. The van der Waals surface area contributed by atoms with Crippen LogP contribution in [0.2, 0.25) is 0 Å². The van der Waals surface area contributed by atoms with Crippen LogP contribution in [-0.4, -0.2) is 34.0 Å². The number of carbonyl (C=O) groups is 2. The number of hydrogen-bond acceptors (Lipinski definition) is 3. The van der Waals surface area contributed by atoms with Gasteiger partial charge in [0, 0.05) is 11.6 Å². The van der Waals surface area contributed by atoms with Crippen molar-refractivity contribution in [3.63, 3.8) is 0 Å². The maximum atomic E-state index is 11.8. The average Bonchev–Trinajstić information content (AvgIpc) is 2.57. The van der Waals surface area contributed by atoms with Crippen molar-refractivity contribution in [3.05, 3.63) is 11.6 Å². The molecule has 4 heteroatoms.